The van der Waals surface area contributed by atoms with E-state index < -0.39 is 0 Å². The maximum atomic E-state index is 12.8. The van der Waals surface area contributed by atoms with Crippen molar-refractivity contribution in [3.05, 3.63) is 65.5 Å². The summed E-state index contributed by atoms with van der Waals surface area (Å²) >= 11 is 0. The summed E-state index contributed by atoms with van der Waals surface area (Å²) in [6.45, 7) is 1.51. The second kappa shape index (κ2) is 7.29. The molecule has 0 bridgehead atoms. The Morgan fingerprint density at radius 2 is 1.90 bits per heavy atom. The molecule has 150 valence electrons. The second-order valence-electron chi connectivity index (χ2n) is 8.85. The molecule has 1 aromatic carbocycles. The van der Waals surface area contributed by atoms with Gasteiger partial charge in [-0.05, 0) is 66.7 Å². The Balaban J connectivity index is 1.31. The van der Waals surface area contributed by atoms with Crippen LogP contribution in [0.5, 0.6) is 0 Å². The molecule has 1 aromatic heterocycles. The molecule has 0 radical (unpaired) electrons. The van der Waals surface area contributed by atoms with E-state index in [2.05, 4.69) is 34.6 Å². The normalized spacial score (nSPS) is 22.3. The molecule has 2 amide bonds. The van der Waals surface area contributed by atoms with Gasteiger partial charge in [0.25, 0.3) is 5.91 Å². The van der Waals surface area contributed by atoms with Crippen LogP contribution in [-0.4, -0.2) is 40.8 Å². The molecule has 1 aliphatic heterocycles. The Labute approximate surface area is 171 Å². The summed E-state index contributed by atoms with van der Waals surface area (Å²) in [4.78, 5) is 31.3. The predicted octanol–water partition coefficient (Wildman–Crippen LogP) is 3.41. The maximum absolute atomic E-state index is 12.8. The number of hydrogen-bond acceptors (Lipinski definition) is 3. The lowest BCUT2D eigenvalue weighted by atomic mass is 9.73. The van der Waals surface area contributed by atoms with Crippen LogP contribution >= 0.6 is 0 Å². The van der Waals surface area contributed by atoms with Gasteiger partial charge < -0.3 is 10.2 Å². The molecule has 29 heavy (non-hydrogen) atoms. The highest BCUT2D eigenvalue weighted by atomic mass is 16.2. The Hall–Kier alpha value is -2.69. The van der Waals surface area contributed by atoms with Gasteiger partial charge in [-0.15, -0.1) is 0 Å². The predicted molar refractivity (Wildman–Crippen MR) is 111 cm³/mol. The van der Waals surface area contributed by atoms with E-state index in [4.69, 9.17) is 0 Å². The van der Waals surface area contributed by atoms with Gasteiger partial charge in [0.05, 0.1) is 5.56 Å². The lowest BCUT2D eigenvalue weighted by Gasteiger charge is -2.40. The van der Waals surface area contributed by atoms with Crippen LogP contribution in [0.25, 0.3) is 0 Å². The summed E-state index contributed by atoms with van der Waals surface area (Å²) < 4.78 is 0. The molecule has 1 atom stereocenters. The molecule has 5 heteroatoms. The van der Waals surface area contributed by atoms with Crippen molar-refractivity contribution in [1.82, 2.24) is 15.2 Å². The molecule has 2 fully saturated rings. The van der Waals surface area contributed by atoms with Gasteiger partial charge in [-0.1, -0.05) is 24.3 Å². The third-order valence-corrected chi connectivity index (χ3v) is 6.90. The van der Waals surface area contributed by atoms with Gasteiger partial charge in [0.1, 0.15) is 0 Å². The van der Waals surface area contributed by atoms with Crippen molar-refractivity contribution in [1.29, 1.82) is 0 Å². The Kier molecular flexibility index (Phi) is 4.61. The number of amides is 2. The second-order valence-corrected chi connectivity index (χ2v) is 8.85. The molecule has 2 aromatic rings. The number of piperidine rings is 1. The van der Waals surface area contributed by atoms with Crippen LogP contribution in [0, 0.1) is 0 Å². The van der Waals surface area contributed by atoms with E-state index in [1.165, 1.54) is 11.1 Å². The van der Waals surface area contributed by atoms with Crippen LogP contribution in [0.2, 0.25) is 0 Å². The summed E-state index contributed by atoms with van der Waals surface area (Å²) in [5.74, 6) is 0.540. The quantitative estimate of drug-likeness (QED) is 0.872. The summed E-state index contributed by atoms with van der Waals surface area (Å²) in [7, 11) is 0. The minimum atomic E-state index is 0.0691. The van der Waals surface area contributed by atoms with Gasteiger partial charge in [-0.2, -0.15) is 0 Å². The molecule has 1 N–H and O–H groups in total. The highest BCUT2D eigenvalue weighted by Gasteiger charge is 2.46. The standard InChI is InChI=1S/C24H27N3O2/c28-22(26-19-7-8-19)14-18-15-24(21-6-2-1-5-20(18)21)9-12-27(13-10-24)23(29)17-4-3-11-25-16-17/h1-6,11,16,18-19H,7-10,12-15H2,(H,26,28)/t18-/m1/s1. The molecule has 5 rings (SSSR count). The van der Waals surface area contributed by atoms with Crippen molar-refractivity contribution >= 4 is 11.8 Å². The highest BCUT2D eigenvalue weighted by Crippen LogP contribution is 2.52. The van der Waals surface area contributed by atoms with Crippen molar-refractivity contribution < 1.29 is 9.59 Å². The summed E-state index contributed by atoms with van der Waals surface area (Å²) in [5, 5.41) is 3.15. The first-order chi connectivity index (χ1) is 14.1. The minimum Gasteiger partial charge on any atom is -0.353 e. The van der Waals surface area contributed by atoms with E-state index in [0.717, 1.165) is 45.2 Å². The third-order valence-electron chi connectivity index (χ3n) is 6.90. The number of likely N-dealkylation sites (tertiary alicyclic amines) is 1. The molecule has 5 nitrogen and oxygen atoms in total. The molecular formula is C24H27N3O2. The Morgan fingerprint density at radius 3 is 2.62 bits per heavy atom. The summed E-state index contributed by atoms with van der Waals surface area (Å²) in [6, 6.07) is 12.7. The molecule has 1 saturated heterocycles. The first-order valence-corrected chi connectivity index (χ1v) is 10.7. The SMILES string of the molecule is O=C(C[C@@H]1CC2(CCN(C(=O)c3cccnc3)CC2)c2ccccc21)NC1CC1. The topological polar surface area (TPSA) is 62.3 Å². The fraction of sp³-hybridized carbons (Fsp3) is 0.458. The zero-order valence-electron chi connectivity index (χ0n) is 16.6. The fourth-order valence-corrected chi connectivity index (χ4v) is 5.23. The number of hydrogen-bond donors (Lipinski definition) is 1. The molecule has 3 aliphatic rings. The molecular weight excluding hydrogens is 362 g/mol. The van der Waals surface area contributed by atoms with Gasteiger partial charge in [0.2, 0.25) is 5.91 Å². The van der Waals surface area contributed by atoms with E-state index in [-0.39, 0.29) is 23.1 Å². The zero-order chi connectivity index (χ0) is 19.8. The first-order valence-electron chi connectivity index (χ1n) is 10.7. The molecule has 0 unspecified atom stereocenters. The van der Waals surface area contributed by atoms with Crippen LogP contribution in [0.15, 0.2) is 48.8 Å². The highest BCUT2D eigenvalue weighted by molar-refractivity contribution is 5.94. The third kappa shape index (κ3) is 3.54. The van der Waals surface area contributed by atoms with Crippen molar-refractivity contribution in [2.75, 3.05) is 13.1 Å². The van der Waals surface area contributed by atoms with Crippen molar-refractivity contribution in [3.8, 4) is 0 Å². The van der Waals surface area contributed by atoms with Gasteiger partial charge in [-0.3, -0.25) is 14.6 Å². The number of nitrogens with zero attached hydrogens (tertiary/aromatic N) is 2. The Bertz CT molecular complexity index is 915. The van der Waals surface area contributed by atoms with Crippen molar-refractivity contribution in [2.45, 2.75) is 55.9 Å². The average Bonchev–Trinajstić information content (AvgIpc) is 3.53. The molecule has 1 spiro atoms. The van der Waals surface area contributed by atoms with Gasteiger partial charge in [0, 0.05) is 37.9 Å². The van der Waals surface area contributed by atoms with Gasteiger partial charge in [0.15, 0.2) is 0 Å². The van der Waals surface area contributed by atoms with Gasteiger partial charge in [-0.25, -0.2) is 0 Å². The average molecular weight is 389 g/mol. The number of pyridine rings is 1. The number of rotatable bonds is 4. The Morgan fingerprint density at radius 1 is 1.10 bits per heavy atom. The van der Waals surface area contributed by atoms with E-state index in [1.807, 2.05) is 17.0 Å². The van der Waals surface area contributed by atoms with Gasteiger partial charge >= 0.3 is 0 Å². The number of fused-ring (bicyclic) bond motifs is 2. The van der Waals surface area contributed by atoms with Crippen LogP contribution in [0.3, 0.4) is 0 Å². The zero-order valence-corrected chi connectivity index (χ0v) is 16.6. The van der Waals surface area contributed by atoms with Crippen LogP contribution in [0.1, 0.15) is 65.9 Å². The fourth-order valence-electron chi connectivity index (χ4n) is 5.23. The molecule has 1 saturated carbocycles. The van der Waals surface area contributed by atoms with Crippen molar-refractivity contribution in [3.63, 3.8) is 0 Å². The van der Waals surface area contributed by atoms with E-state index in [1.54, 1.807) is 12.4 Å². The monoisotopic (exact) mass is 389 g/mol. The van der Waals surface area contributed by atoms with E-state index in [0.29, 0.717) is 18.0 Å². The van der Waals surface area contributed by atoms with E-state index in [9.17, 15) is 9.59 Å². The van der Waals surface area contributed by atoms with Crippen LogP contribution < -0.4 is 5.32 Å². The number of carbonyl (C=O) groups is 2. The number of carbonyl (C=O) groups excluding carboxylic acids is 2. The first kappa shape index (κ1) is 18.3. The minimum absolute atomic E-state index is 0.0691. The smallest absolute Gasteiger partial charge is 0.255 e. The summed E-state index contributed by atoms with van der Waals surface area (Å²) in [5.41, 5.74) is 3.49. The molecule has 2 aliphatic carbocycles. The molecule has 2 heterocycles. The largest absolute Gasteiger partial charge is 0.353 e. The van der Waals surface area contributed by atoms with Crippen molar-refractivity contribution in [2.24, 2.45) is 0 Å². The lowest BCUT2D eigenvalue weighted by Crippen LogP contribution is -2.44. The number of benzene rings is 1. The number of nitrogens with one attached hydrogen (secondary N) is 1. The van der Waals surface area contributed by atoms with E-state index >= 15 is 0 Å². The van der Waals surface area contributed by atoms with Crippen LogP contribution in [0.4, 0.5) is 0 Å². The summed E-state index contributed by atoms with van der Waals surface area (Å²) in [6.07, 6.45) is 9.08. The maximum Gasteiger partial charge on any atom is 0.255 e. The number of aromatic nitrogens is 1. The van der Waals surface area contributed by atoms with Crippen LogP contribution in [-0.2, 0) is 10.2 Å². The lowest BCUT2D eigenvalue weighted by molar-refractivity contribution is -0.121.